The Balaban J connectivity index is 3.62. The maximum Gasteiger partial charge on any atom is 0.0935 e. The Hall–Kier alpha value is -0.0900. The minimum absolute atomic E-state index is 1.42. The Morgan fingerprint density at radius 1 is 2.00 bits per heavy atom. The van der Waals surface area contributed by atoms with Crippen LogP contribution in [0.25, 0.3) is 0 Å². The average molecular weight is 94.1 g/mol. The molecule has 2 N–H and O–H groups in total. The molecular formula is CH6N2OS. The quantitative estimate of drug-likeness (QED) is 0.378. The normalized spacial score (nSPS) is 15.6. The Kier molecular flexibility index (Phi) is 2.13. The Morgan fingerprint density at radius 2 is 2.20 bits per heavy atom. The fourth-order valence-corrected chi connectivity index (χ4v) is 0. The van der Waals surface area contributed by atoms with Gasteiger partial charge >= 0.3 is 0 Å². The molecule has 0 fully saturated rings. The van der Waals surface area contributed by atoms with Crippen molar-refractivity contribution in [2.75, 3.05) is 7.05 Å². The zero-order chi connectivity index (χ0) is 4.28. The number of nitrogens with zero attached hydrogens (tertiary/aromatic N) is 1. The average Bonchev–Trinajstić information content (AvgIpc) is 1.38. The largest absolute Gasteiger partial charge is 0.247 e. The van der Waals surface area contributed by atoms with Crippen LogP contribution in [-0.4, -0.2) is 11.3 Å². The molecule has 0 aromatic carbocycles. The lowest BCUT2D eigenvalue weighted by atomic mass is 11.6. The van der Waals surface area contributed by atoms with Gasteiger partial charge in [0.15, 0.2) is 0 Å². The van der Waals surface area contributed by atoms with Crippen molar-refractivity contribution >= 4 is 10.8 Å². The molecule has 3 nitrogen and oxygen atoms in total. The van der Waals surface area contributed by atoms with Crippen LogP contribution in [0, 0.1) is 0 Å². The van der Waals surface area contributed by atoms with Crippen LogP contribution >= 0.6 is 0 Å². The van der Waals surface area contributed by atoms with Crippen LogP contribution in [-0.2, 0) is 10.8 Å². The monoisotopic (exact) mass is 94.0 g/mol. The second-order valence-electron chi connectivity index (χ2n) is 0.503. The molecule has 0 spiro atoms. The van der Waals surface area contributed by atoms with Crippen LogP contribution in [0.1, 0.15) is 0 Å². The molecule has 0 aliphatic carbocycles. The predicted molar refractivity (Wildman–Crippen MR) is 22.1 cm³/mol. The van der Waals surface area contributed by atoms with Gasteiger partial charge in [-0.1, -0.05) is 0 Å². The molecule has 32 valence electrons. The fourth-order valence-electron chi connectivity index (χ4n) is 0. The van der Waals surface area contributed by atoms with Crippen LogP contribution in [0.3, 0.4) is 0 Å². The summed E-state index contributed by atoms with van der Waals surface area (Å²) in [4.78, 5) is 0. The van der Waals surface area contributed by atoms with Crippen molar-refractivity contribution < 1.29 is 4.21 Å². The first-order chi connectivity index (χ1) is 2.27. The topological polar surface area (TPSA) is 55.4 Å². The van der Waals surface area contributed by atoms with Crippen LogP contribution in [0.2, 0.25) is 0 Å². The first-order valence-corrected chi connectivity index (χ1v) is 2.37. The van der Waals surface area contributed by atoms with Gasteiger partial charge in [0.2, 0.25) is 0 Å². The maximum absolute atomic E-state index is 9.57. The molecule has 4 heteroatoms. The summed E-state index contributed by atoms with van der Waals surface area (Å²) < 4.78 is 12.7. The van der Waals surface area contributed by atoms with E-state index in [0.29, 0.717) is 0 Å². The summed E-state index contributed by atoms with van der Waals surface area (Å²) in [6.07, 6.45) is 0. The van der Waals surface area contributed by atoms with Crippen LogP contribution in [0.5, 0.6) is 0 Å². The van der Waals surface area contributed by atoms with Crippen LogP contribution < -0.4 is 5.14 Å². The highest BCUT2D eigenvalue weighted by Gasteiger charge is 1.47. The summed E-state index contributed by atoms with van der Waals surface area (Å²) in [5.74, 6) is 0. The van der Waals surface area contributed by atoms with Crippen molar-refractivity contribution in [1.29, 1.82) is 0 Å². The minimum Gasteiger partial charge on any atom is -0.247 e. The molecule has 0 saturated heterocycles. The second-order valence-corrected chi connectivity index (χ2v) is 1.51. The lowest BCUT2D eigenvalue weighted by molar-refractivity contribution is 0.689. The molecule has 0 rings (SSSR count). The molecular weight excluding hydrogens is 88.1 g/mol. The summed E-state index contributed by atoms with van der Waals surface area (Å²) in [7, 11) is -0.308. The third kappa shape index (κ3) is 3.91. The summed E-state index contributed by atoms with van der Waals surface area (Å²) in [6.45, 7) is 0. The second kappa shape index (κ2) is 2.17. The van der Waals surface area contributed by atoms with Gasteiger partial charge in [0.05, 0.1) is 10.8 Å². The van der Waals surface area contributed by atoms with Gasteiger partial charge in [0.1, 0.15) is 0 Å². The molecule has 0 bridgehead atoms. The van der Waals surface area contributed by atoms with E-state index in [0.717, 1.165) is 0 Å². The zero-order valence-corrected chi connectivity index (χ0v) is 3.77. The number of hydrogen-bond donors (Lipinski definition) is 2. The summed E-state index contributed by atoms with van der Waals surface area (Å²) in [6, 6.07) is 0. The molecule has 0 heterocycles. The lowest BCUT2D eigenvalue weighted by Crippen LogP contribution is -1.86. The highest BCUT2D eigenvalue weighted by atomic mass is 32.2. The van der Waals surface area contributed by atoms with Gasteiger partial charge in [0.25, 0.3) is 0 Å². The van der Waals surface area contributed by atoms with E-state index in [1.165, 1.54) is 7.05 Å². The molecule has 0 radical (unpaired) electrons. The highest BCUT2D eigenvalue weighted by Crippen LogP contribution is 1.45. The van der Waals surface area contributed by atoms with E-state index in [4.69, 9.17) is 0 Å². The Bertz CT molecular complexity index is 81.6. The number of nitrogens with two attached hydrogens (primary N) is 1. The first kappa shape index (κ1) is 4.91. The van der Waals surface area contributed by atoms with Crippen molar-refractivity contribution in [3.63, 3.8) is 0 Å². The standard InChI is InChI=1S/CH6N2OS/c1-3-5(2)4/h5H,1H3,(H2,2,3,4). The first-order valence-electron chi connectivity index (χ1n) is 1.09. The van der Waals surface area contributed by atoms with E-state index < -0.39 is 10.8 Å². The van der Waals surface area contributed by atoms with Crippen molar-refractivity contribution in [2.45, 2.75) is 0 Å². The lowest BCUT2D eigenvalue weighted by Gasteiger charge is -1.62. The zero-order valence-electron chi connectivity index (χ0n) is 2.88. The molecule has 0 aliphatic heterocycles. The van der Waals surface area contributed by atoms with E-state index in [-0.39, 0.29) is 0 Å². The molecule has 1 unspecified atom stereocenters. The summed E-state index contributed by atoms with van der Waals surface area (Å²) in [5, 5.41) is 4.63. The minimum atomic E-state index is -1.72. The van der Waals surface area contributed by atoms with E-state index in [9.17, 15) is 4.21 Å². The Labute approximate surface area is 32.5 Å². The summed E-state index contributed by atoms with van der Waals surface area (Å²) >= 11 is 0. The molecule has 0 aromatic heterocycles. The molecule has 0 saturated carbocycles. The van der Waals surface area contributed by atoms with Gasteiger partial charge in [-0.15, -0.1) is 0 Å². The molecule has 1 atom stereocenters. The van der Waals surface area contributed by atoms with Gasteiger partial charge in [-0.3, -0.25) is 0 Å². The van der Waals surface area contributed by atoms with E-state index in [1.54, 1.807) is 0 Å². The Morgan fingerprint density at radius 3 is 2.20 bits per heavy atom. The van der Waals surface area contributed by atoms with Crippen molar-refractivity contribution in [3.05, 3.63) is 0 Å². The fraction of sp³-hybridized carbons (Fsp3) is 1.00. The van der Waals surface area contributed by atoms with Crippen molar-refractivity contribution in [3.8, 4) is 0 Å². The molecule has 0 aromatic rings. The highest BCUT2D eigenvalue weighted by molar-refractivity contribution is 7.72. The smallest absolute Gasteiger partial charge is 0.0935 e. The molecule has 0 aliphatic rings. The molecule has 0 amide bonds. The number of thiol groups is 1. The number of hydrogen-bond acceptors (Lipinski definition) is 2. The van der Waals surface area contributed by atoms with Crippen LogP contribution in [0.4, 0.5) is 0 Å². The van der Waals surface area contributed by atoms with Crippen molar-refractivity contribution in [2.24, 2.45) is 9.50 Å². The maximum atomic E-state index is 9.57. The van der Waals surface area contributed by atoms with E-state index in [1.807, 2.05) is 0 Å². The third-order valence-electron chi connectivity index (χ3n) is 0.197. The third-order valence-corrected chi connectivity index (χ3v) is 0.591. The SMILES string of the molecule is C/N=[SH](\N)=O. The van der Waals surface area contributed by atoms with Crippen molar-refractivity contribution in [1.82, 2.24) is 0 Å². The van der Waals surface area contributed by atoms with E-state index in [2.05, 4.69) is 9.50 Å². The van der Waals surface area contributed by atoms with Gasteiger partial charge < -0.3 is 0 Å². The van der Waals surface area contributed by atoms with Crippen LogP contribution in [0.15, 0.2) is 4.36 Å². The van der Waals surface area contributed by atoms with Gasteiger partial charge in [-0.2, -0.15) is 0 Å². The van der Waals surface area contributed by atoms with E-state index >= 15 is 0 Å². The summed E-state index contributed by atoms with van der Waals surface area (Å²) in [5.41, 5.74) is 0. The predicted octanol–water partition coefficient (Wildman–Crippen LogP) is -0.846. The molecule has 5 heavy (non-hydrogen) atoms. The van der Waals surface area contributed by atoms with Gasteiger partial charge in [-0.05, 0) is 0 Å². The van der Waals surface area contributed by atoms with Gasteiger partial charge in [-0.25, -0.2) is 13.7 Å². The van der Waals surface area contributed by atoms with Gasteiger partial charge in [0, 0.05) is 7.05 Å². The number of rotatable bonds is 0.